The average Bonchev–Trinajstić information content (AvgIpc) is 2.67. The molecule has 2 N–H and O–H groups in total. The number of hydrogen-bond acceptors (Lipinski definition) is 5. The molecule has 1 aromatic carbocycles. The Morgan fingerprint density at radius 1 is 1.27 bits per heavy atom. The first-order chi connectivity index (χ1) is 12.5. The standard InChI is InChI=1S/C19H20FN5O/c1-12(18(22)26)19-23-16(13-5-6-14(11-21)15(20)9-13)10-17(24-19)25-7-3-2-4-8-25/h5-6,9-10,12H,2-4,7-8H2,1H3,(H2,22,26). The van der Waals surface area contributed by atoms with Crippen LogP contribution in [0.4, 0.5) is 10.2 Å². The highest BCUT2D eigenvalue weighted by Crippen LogP contribution is 2.27. The van der Waals surface area contributed by atoms with Crippen molar-refractivity contribution in [2.45, 2.75) is 32.1 Å². The Balaban J connectivity index is 2.08. The molecule has 1 atom stereocenters. The average molecular weight is 353 g/mol. The molecule has 6 nitrogen and oxygen atoms in total. The Bertz CT molecular complexity index is 871. The lowest BCUT2D eigenvalue weighted by Gasteiger charge is -2.28. The zero-order valence-electron chi connectivity index (χ0n) is 14.6. The van der Waals surface area contributed by atoms with Gasteiger partial charge in [0, 0.05) is 24.7 Å². The van der Waals surface area contributed by atoms with Crippen LogP contribution >= 0.6 is 0 Å². The largest absolute Gasteiger partial charge is 0.369 e. The van der Waals surface area contributed by atoms with E-state index in [0.717, 1.165) is 25.9 Å². The van der Waals surface area contributed by atoms with E-state index in [-0.39, 0.29) is 5.56 Å². The molecular formula is C19H20FN5O. The molecule has 2 heterocycles. The molecule has 7 heteroatoms. The van der Waals surface area contributed by atoms with Gasteiger partial charge in [-0.05, 0) is 38.3 Å². The van der Waals surface area contributed by atoms with Gasteiger partial charge in [-0.15, -0.1) is 0 Å². The molecule has 3 rings (SSSR count). The van der Waals surface area contributed by atoms with Gasteiger partial charge in [-0.25, -0.2) is 14.4 Å². The summed E-state index contributed by atoms with van der Waals surface area (Å²) in [7, 11) is 0. The van der Waals surface area contributed by atoms with Crippen molar-refractivity contribution in [1.82, 2.24) is 9.97 Å². The van der Waals surface area contributed by atoms with E-state index in [1.54, 1.807) is 25.1 Å². The van der Waals surface area contributed by atoms with Gasteiger partial charge in [0.05, 0.1) is 17.2 Å². The molecule has 0 saturated carbocycles. The molecule has 1 aromatic heterocycles. The third-order valence-corrected chi connectivity index (χ3v) is 4.61. The van der Waals surface area contributed by atoms with E-state index in [2.05, 4.69) is 14.9 Å². The number of hydrogen-bond donors (Lipinski definition) is 1. The highest BCUT2D eigenvalue weighted by Gasteiger charge is 2.21. The van der Waals surface area contributed by atoms with Crippen molar-refractivity contribution in [2.75, 3.05) is 18.0 Å². The topological polar surface area (TPSA) is 95.9 Å². The van der Waals surface area contributed by atoms with Gasteiger partial charge in [0.25, 0.3) is 0 Å². The van der Waals surface area contributed by atoms with Crippen LogP contribution in [0.25, 0.3) is 11.3 Å². The number of nitrogens with zero attached hydrogens (tertiary/aromatic N) is 4. The Kier molecular flexibility index (Phi) is 5.12. The molecule has 0 spiro atoms. The minimum Gasteiger partial charge on any atom is -0.369 e. The van der Waals surface area contributed by atoms with Crippen LogP contribution in [0.3, 0.4) is 0 Å². The molecule has 1 aliphatic heterocycles. The fourth-order valence-corrected chi connectivity index (χ4v) is 2.97. The van der Waals surface area contributed by atoms with E-state index in [4.69, 9.17) is 11.0 Å². The number of carbonyl (C=O) groups is 1. The van der Waals surface area contributed by atoms with Crippen molar-refractivity contribution in [3.63, 3.8) is 0 Å². The molecule has 0 aliphatic carbocycles. The van der Waals surface area contributed by atoms with Crippen molar-refractivity contribution < 1.29 is 9.18 Å². The number of aromatic nitrogens is 2. The number of nitriles is 1. The lowest BCUT2D eigenvalue weighted by atomic mass is 10.1. The van der Waals surface area contributed by atoms with Gasteiger partial charge in [-0.3, -0.25) is 4.79 Å². The Hall–Kier alpha value is -3.01. The fraction of sp³-hybridized carbons (Fsp3) is 0.368. The predicted molar refractivity (Wildman–Crippen MR) is 95.8 cm³/mol. The van der Waals surface area contributed by atoms with Gasteiger partial charge < -0.3 is 10.6 Å². The maximum absolute atomic E-state index is 14.0. The predicted octanol–water partition coefficient (Wildman–Crippen LogP) is 2.73. The molecule has 2 aromatic rings. The van der Waals surface area contributed by atoms with Crippen LogP contribution < -0.4 is 10.6 Å². The minimum atomic E-state index is -0.651. The molecule has 134 valence electrons. The van der Waals surface area contributed by atoms with Gasteiger partial charge in [0.2, 0.25) is 5.91 Å². The van der Waals surface area contributed by atoms with E-state index < -0.39 is 17.6 Å². The van der Waals surface area contributed by atoms with Crippen LogP contribution in [0.2, 0.25) is 0 Å². The summed E-state index contributed by atoms with van der Waals surface area (Å²) in [4.78, 5) is 22.7. The molecule has 0 bridgehead atoms. The number of nitrogens with two attached hydrogens (primary N) is 1. The Morgan fingerprint density at radius 3 is 2.62 bits per heavy atom. The summed E-state index contributed by atoms with van der Waals surface area (Å²) < 4.78 is 14.0. The summed E-state index contributed by atoms with van der Waals surface area (Å²) in [6.45, 7) is 3.41. The SMILES string of the molecule is CC(C(N)=O)c1nc(-c2ccc(C#N)c(F)c2)cc(N2CCCCC2)n1. The fourth-order valence-electron chi connectivity index (χ4n) is 2.97. The summed E-state index contributed by atoms with van der Waals surface area (Å²) in [5.41, 5.74) is 6.43. The number of carbonyl (C=O) groups excluding carboxylic acids is 1. The van der Waals surface area contributed by atoms with Crippen LogP contribution in [-0.2, 0) is 4.79 Å². The summed E-state index contributed by atoms with van der Waals surface area (Å²) in [6.07, 6.45) is 3.33. The van der Waals surface area contributed by atoms with Gasteiger partial charge >= 0.3 is 0 Å². The van der Waals surface area contributed by atoms with Crippen molar-refractivity contribution in [3.8, 4) is 17.3 Å². The van der Waals surface area contributed by atoms with Crippen LogP contribution in [0.5, 0.6) is 0 Å². The van der Waals surface area contributed by atoms with Gasteiger partial charge in [-0.1, -0.05) is 6.07 Å². The number of benzene rings is 1. The number of rotatable bonds is 4. The van der Waals surface area contributed by atoms with Crippen molar-refractivity contribution in [3.05, 3.63) is 41.5 Å². The highest BCUT2D eigenvalue weighted by molar-refractivity contribution is 5.81. The van der Waals surface area contributed by atoms with E-state index in [1.165, 1.54) is 18.6 Å². The molecular weight excluding hydrogens is 333 g/mol. The Labute approximate surface area is 151 Å². The van der Waals surface area contributed by atoms with Crippen LogP contribution in [0.1, 0.15) is 43.5 Å². The second kappa shape index (κ2) is 7.48. The zero-order chi connectivity index (χ0) is 18.7. The van der Waals surface area contributed by atoms with Crippen molar-refractivity contribution in [2.24, 2.45) is 5.73 Å². The summed E-state index contributed by atoms with van der Waals surface area (Å²) in [6, 6.07) is 7.94. The van der Waals surface area contributed by atoms with Gasteiger partial charge in [0.15, 0.2) is 0 Å². The second-order valence-electron chi connectivity index (χ2n) is 6.45. The number of primary amides is 1. The molecule has 1 unspecified atom stereocenters. The van der Waals surface area contributed by atoms with E-state index in [9.17, 15) is 9.18 Å². The highest BCUT2D eigenvalue weighted by atomic mass is 19.1. The van der Waals surface area contributed by atoms with E-state index in [1.807, 2.05) is 0 Å². The molecule has 26 heavy (non-hydrogen) atoms. The van der Waals surface area contributed by atoms with E-state index >= 15 is 0 Å². The zero-order valence-corrected chi connectivity index (χ0v) is 14.6. The normalized spacial score (nSPS) is 15.3. The van der Waals surface area contributed by atoms with Crippen LogP contribution in [-0.4, -0.2) is 29.0 Å². The van der Waals surface area contributed by atoms with Crippen molar-refractivity contribution >= 4 is 11.7 Å². The maximum atomic E-state index is 14.0. The number of anilines is 1. The smallest absolute Gasteiger partial charge is 0.227 e. The monoisotopic (exact) mass is 353 g/mol. The first-order valence-electron chi connectivity index (χ1n) is 8.63. The van der Waals surface area contributed by atoms with E-state index in [0.29, 0.717) is 22.9 Å². The second-order valence-corrected chi connectivity index (χ2v) is 6.45. The number of amides is 1. The van der Waals surface area contributed by atoms with Gasteiger partial charge in [0.1, 0.15) is 23.5 Å². The van der Waals surface area contributed by atoms with Crippen LogP contribution in [0.15, 0.2) is 24.3 Å². The van der Waals surface area contributed by atoms with Crippen LogP contribution in [0, 0.1) is 17.1 Å². The summed E-state index contributed by atoms with van der Waals surface area (Å²) in [5.74, 6) is -0.741. The summed E-state index contributed by atoms with van der Waals surface area (Å²) in [5, 5.41) is 8.90. The van der Waals surface area contributed by atoms with Crippen molar-refractivity contribution in [1.29, 1.82) is 5.26 Å². The lowest BCUT2D eigenvalue weighted by Crippen LogP contribution is -2.31. The lowest BCUT2D eigenvalue weighted by molar-refractivity contribution is -0.119. The van der Waals surface area contributed by atoms with Gasteiger partial charge in [-0.2, -0.15) is 5.26 Å². The quantitative estimate of drug-likeness (QED) is 0.912. The third-order valence-electron chi connectivity index (χ3n) is 4.61. The maximum Gasteiger partial charge on any atom is 0.227 e. The molecule has 1 amide bonds. The molecule has 1 saturated heterocycles. The summed E-state index contributed by atoms with van der Waals surface area (Å²) >= 11 is 0. The molecule has 1 fully saturated rings. The molecule has 0 radical (unpaired) electrons. The first-order valence-corrected chi connectivity index (χ1v) is 8.63. The number of piperidine rings is 1. The first kappa shape index (κ1) is 17.8. The third kappa shape index (κ3) is 3.64. The Morgan fingerprint density at radius 2 is 2.00 bits per heavy atom. The number of halogens is 1. The molecule has 1 aliphatic rings. The minimum absolute atomic E-state index is 0.0233.